The summed E-state index contributed by atoms with van der Waals surface area (Å²) >= 11 is 0. The predicted octanol–water partition coefficient (Wildman–Crippen LogP) is 2.69. The van der Waals surface area contributed by atoms with Gasteiger partial charge in [0.15, 0.2) is 0 Å². The second-order valence-electron chi connectivity index (χ2n) is 5.48. The predicted molar refractivity (Wildman–Crippen MR) is 77.6 cm³/mol. The molecular formula is C15H26N2O2. The second-order valence-corrected chi connectivity index (χ2v) is 5.48. The van der Waals surface area contributed by atoms with Crippen LogP contribution in [0.1, 0.15) is 39.0 Å². The van der Waals surface area contributed by atoms with Crippen molar-refractivity contribution in [2.45, 2.75) is 46.8 Å². The number of hydrogen-bond acceptors (Lipinski definition) is 4. The first kappa shape index (κ1) is 15.9. The molecule has 0 unspecified atom stereocenters. The topological polar surface area (TPSA) is 43.4 Å². The fourth-order valence-electron chi connectivity index (χ4n) is 1.59. The summed E-state index contributed by atoms with van der Waals surface area (Å²) < 4.78 is 11.2. The number of ether oxygens (including phenoxy) is 2. The summed E-state index contributed by atoms with van der Waals surface area (Å²) in [6.07, 6.45) is 0. The summed E-state index contributed by atoms with van der Waals surface area (Å²) in [7, 11) is 0. The van der Waals surface area contributed by atoms with Crippen molar-refractivity contribution >= 4 is 0 Å². The van der Waals surface area contributed by atoms with Crippen LogP contribution in [-0.4, -0.2) is 30.3 Å². The quantitative estimate of drug-likeness (QED) is 0.771. The Morgan fingerprint density at radius 3 is 2.53 bits per heavy atom. The third kappa shape index (κ3) is 6.55. The van der Waals surface area contributed by atoms with E-state index in [1.807, 2.05) is 33.8 Å². The molecule has 108 valence electrons. The van der Waals surface area contributed by atoms with Crippen LogP contribution in [0.15, 0.2) is 12.1 Å². The molecule has 0 aliphatic rings. The number of aromatic nitrogens is 1. The van der Waals surface area contributed by atoms with Gasteiger partial charge >= 0.3 is 0 Å². The molecule has 0 saturated heterocycles. The van der Waals surface area contributed by atoms with E-state index in [0.29, 0.717) is 19.1 Å². The Morgan fingerprint density at radius 1 is 1.21 bits per heavy atom. The van der Waals surface area contributed by atoms with Crippen molar-refractivity contribution in [3.05, 3.63) is 23.4 Å². The molecule has 0 fully saturated rings. The lowest BCUT2D eigenvalue weighted by molar-refractivity contribution is -0.0168. The van der Waals surface area contributed by atoms with E-state index in [-0.39, 0.29) is 5.60 Å². The SMILES string of the molecule is CCNCc1ccc(OCCOC(C)(C)C)nc1C. The van der Waals surface area contributed by atoms with Crippen molar-refractivity contribution in [1.29, 1.82) is 0 Å². The first-order valence-corrected chi connectivity index (χ1v) is 6.86. The van der Waals surface area contributed by atoms with Gasteiger partial charge in [-0.1, -0.05) is 13.0 Å². The minimum Gasteiger partial charge on any atom is -0.475 e. The Morgan fingerprint density at radius 2 is 1.95 bits per heavy atom. The lowest BCUT2D eigenvalue weighted by Crippen LogP contribution is -2.22. The lowest BCUT2D eigenvalue weighted by Gasteiger charge is -2.19. The molecule has 0 amide bonds. The van der Waals surface area contributed by atoms with Crippen LogP contribution in [0.3, 0.4) is 0 Å². The van der Waals surface area contributed by atoms with Gasteiger partial charge in [0.25, 0.3) is 0 Å². The number of rotatable bonds is 7. The molecule has 1 heterocycles. The first-order valence-electron chi connectivity index (χ1n) is 6.86. The third-order valence-electron chi connectivity index (χ3n) is 2.60. The molecule has 0 aromatic carbocycles. The van der Waals surface area contributed by atoms with Gasteiger partial charge in [0.2, 0.25) is 5.88 Å². The number of nitrogens with one attached hydrogen (secondary N) is 1. The molecule has 4 heteroatoms. The molecule has 0 spiro atoms. The molecule has 1 N–H and O–H groups in total. The fraction of sp³-hybridized carbons (Fsp3) is 0.667. The van der Waals surface area contributed by atoms with Crippen LogP contribution in [0.25, 0.3) is 0 Å². The standard InChI is InChI=1S/C15H26N2O2/c1-6-16-11-13-7-8-14(17-12(13)2)18-9-10-19-15(3,4)5/h7-8,16H,6,9-11H2,1-5H3. The Balaban J connectivity index is 2.41. The number of aryl methyl sites for hydroxylation is 1. The molecule has 1 aromatic heterocycles. The van der Waals surface area contributed by atoms with E-state index in [0.717, 1.165) is 18.8 Å². The van der Waals surface area contributed by atoms with Crippen molar-refractivity contribution in [3.8, 4) is 5.88 Å². The zero-order chi connectivity index (χ0) is 14.3. The van der Waals surface area contributed by atoms with Gasteiger partial charge in [-0.15, -0.1) is 0 Å². The van der Waals surface area contributed by atoms with E-state index in [1.54, 1.807) is 0 Å². The summed E-state index contributed by atoms with van der Waals surface area (Å²) in [6.45, 7) is 13.1. The number of nitrogens with zero attached hydrogens (tertiary/aromatic N) is 1. The van der Waals surface area contributed by atoms with Crippen LogP contribution in [0.5, 0.6) is 5.88 Å². The van der Waals surface area contributed by atoms with Crippen molar-refractivity contribution in [1.82, 2.24) is 10.3 Å². The summed E-state index contributed by atoms with van der Waals surface area (Å²) in [5.41, 5.74) is 2.10. The molecule has 1 aromatic rings. The van der Waals surface area contributed by atoms with Gasteiger partial charge in [0.1, 0.15) is 6.61 Å². The molecule has 0 radical (unpaired) electrons. The normalized spacial score (nSPS) is 11.6. The monoisotopic (exact) mass is 266 g/mol. The lowest BCUT2D eigenvalue weighted by atomic mass is 10.2. The number of pyridine rings is 1. The molecule has 0 atom stereocenters. The van der Waals surface area contributed by atoms with E-state index in [9.17, 15) is 0 Å². The molecule has 0 bridgehead atoms. The van der Waals surface area contributed by atoms with Crippen LogP contribution in [0.4, 0.5) is 0 Å². The maximum Gasteiger partial charge on any atom is 0.213 e. The maximum atomic E-state index is 5.60. The molecule has 0 aliphatic carbocycles. The largest absolute Gasteiger partial charge is 0.475 e. The van der Waals surface area contributed by atoms with Crippen molar-refractivity contribution in [2.24, 2.45) is 0 Å². The van der Waals surface area contributed by atoms with E-state index < -0.39 is 0 Å². The number of hydrogen-bond donors (Lipinski definition) is 1. The van der Waals surface area contributed by atoms with E-state index >= 15 is 0 Å². The Bertz CT molecular complexity index is 386. The van der Waals surface area contributed by atoms with Gasteiger partial charge in [-0.05, 0) is 39.8 Å². The Kier molecular flexibility index (Phi) is 6.25. The highest BCUT2D eigenvalue weighted by atomic mass is 16.5. The molecule has 1 rings (SSSR count). The second kappa shape index (κ2) is 7.46. The van der Waals surface area contributed by atoms with Gasteiger partial charge in [-0.25, -0.2) is 4.98 Å². The minimum atomic E-state index is -0.123. The van der Waals surface area contributed by atoms with E-state index in [1.165, 1.54) is 5.56 Å². The van der Waals surface area contributed by atoms with Crippen molar-refractivity contribution in [3.63, 3.8) is 0 Å². The third-order valence-corrected chi connectivity index (χ3v) is 2.60. The minimum absolute atomic E-state index is 0.123. The molecule has 19 heavy (non-hydrogen) atoms. The van der Waals surface area contributed by atoms with Crippen molar-refractivity contribution < 1.29 is 9.47 Å². The highest BCUT2D eigenvalue weighted by Gasteiger charge is 2.09. The Hall–Kier alpha value is -1.13. The molecule has 4 nitrogen and oxygen atoms in total. The van der Waals surface area contributed by atoms with Gasteiger partial charge in [0.05, 0.1) is 12.2 Å². The summed E-state index contributed by atoms with van der Waals surface area (Å²) in [6, 6.07) is 3.97. The van der Waals surface area contributed by atoms with Crippen LogP contribution < -0.4 is 10.1 Å². The van der Waals surface area contributed by atoms with Gasteiger partial charge in [-0.2, -0.15) is 0 Å². The summed E-state index contributed by atoms with van der Waals surface area (Å²) in [5, 5.41) is 3.29. The average Bonchev–Trinajstić information content (AvgIpc) is 2.32. The highest BCUT2D eigenvalue weighted by Crippen LogP contribution is 2.13. The highest BCUT2D eigenvalue weighted by molar-refractivity contribution is 5.24. The smallest absolute Gasteiger partial charge is 0.213 e. The fourth-order valence-corrected chi connectivity index (χ4v) is 1.59. The zero-order valence-corrected chi connectivity index (χ0v) is 12.7. The van der Waals surface area contributed by atoms with E-state index in [2.05, 4.69) is 23.3 Å². The van der Waals surface area contributed by atoms with Crippen LogP contribution in [0.2, 0.25) is 0 Å². The maximum absolute atomic E-state index is 5.60. The molecule has 0 saturated carbocycles. The summed E-state index contributed by atoms with van der Waals surface area (Å²) in [5.74, 6) is 0.662. The van der Waals surface area contributed by atoms with Crippen LogP contribution in [-0.2, 0) is 11.3 Å². The van der Waals surface area contributed by atoms with Gasteiger partial charge in [-0.3, -0.25) is 0 Å². The first-order chi connectivity index (χ1) is 8.92. The average molecular weight is 266 g/mol. The van der Waals surface area contributed by atoms with Crippen LogP contribution in [0, 0.1) is 6.92 Å². The van der Waals surface area contributed by atoms with E-state index in [4.69, 9.17) is 9.47 Å². The van der Waals surface area contributed by atoms with Crippen molar-refractivity contribution in [2.75, 3.05) is 19.8 Å². The van der Waals surface area contributed by atoms with Crippen LogP contribution >= 0.6 is 0 Å². The molecular weight excluding hydrogens is 240 g/mol. The summed E-state index contributed by atoms with van der Waals surface area (Å²) in [4.78, 5) is 4.44. The van der Waals surface area contributed by atoms with Gasteiger partial charge < -0.3 is 14.8 Å². The Labute approximate surface area is 116 Å². The zero-order valence-electron chi connectivity index (χ0n) is 12.7. The van der Waals surface area contributed by atoms with Gasteiger partial charge in [0, 0.05) is 18.3 Å². The molecule has 0 aliphatic heterocycles.